The molecule has 5 heteroatoms. The summed E-state index contributed by atoms with van der Waals surface area (Å²) in [6, 6.07) is 0. The van der Waals surface area contributed by atoms with Crippen LogP contribution in [0.5, 0.6) is 0 Å². The molecule has 1 N–H and O–H groups in total. The predicted octanol–water partition coefficient (Wildman–Crippen LogP) is 0.957. The zero-order valence-electron chi connectivity index (χ0n) is 5.63. The van der Waals surface area contributed by atoms with Gasteiger partial charge in [0.2, 0.25) is 0 Å². The topological polar surface area (TPSA) is 50.7 Å². The fourth-order valence-electron chi connectivity index (χ4n) is 0.282. The Labute approximate surface area is 64.2 Å². The van der Waals surface area contributed by atoms with Crippen molar-refractivity contribution in [3.8, 4) is 0 Å². The Bertz CT molecular complexity index is 127. The molecule has 0 aliphatic rings. The second-order valence-corrected chi connectivity index (χ2v) is 1.74. The number of hydrogen-bond acceptors (Lipinski definition) is 3. The van der Waals surface area contributed by atoms with Crippen molar-refractivity contribution in [3.05, 3.63) is 0 Å². The first-order valence-electron chi connectivity index (χ1n) is 2.80. The number of alkyl halides is 1. The SMILES string of the molecule is C/C=N/OC(=O)NCCCl. The first-order chi connectivity index (χ1) is 4.81. The molecule has 0 radical (unpaired) electrons. The van der Waals surface area contributed by atoms with Gasteiger partial charge in [-0.1, -0.05) is 5.16 Å². The van der Waals surface area contributed by atoms with Crippen LogP contribution in [0.4, 0.5) is 4.79 Å². The fraction of sp³-hybridized carbons (Fsp3) is 0.600. The minimum absolute atomic E-state index is 0.366. The van der Waals surface area contributed by atoms with Gasteiger partial charge in [0, 0.05) is 18.6 Å². The lowest BCUT2D eigenvalue weighted by Gasteiger charge is -1.96. The molecule has 0 saturated heterocycles. The number of halogens is 1. The predicted molar refractivity (Wildman–Crippen MR) is 39.4 cm³/mol. The van der Waals surface area contributed by atoms with Crippen molar-refractivity contribution in [3.63, 3.8) is 0 Å². The zero-order chi connectivity index (χ0) is 7.82. The first-order valence-corrected chi connectivity index (χ1v) is 3.33. The van der Waals surface area contributed by atoms with Gasteiger partial charge in [-0.05, 0) is 6.92 Å². The summed E-state index contributed by atoms with van der Waals surface area (Å²) < 4.78 is 0. The van der Waals surface area contributed by atoms with E-state index in [2.05, 4.69) is 15.3 Å². The van der Waals surface area contributed by atoms with E-state index in [4.69, 9.17) is 11.6 Å². The molecule has 0 rings (SSSR count). The average Bonchev–Trinajstić information content (AvgIpc) is 1.97. The Morgan fingerprint density at radius 2 is 2.60 bits per heavy atom. The number of hydrogen-bond donors (Lipinski definition) is 1. The van der Waals surface area contributed by atoms with Crippen molar-refractivity contribution >= 4 is 23.9 Å². The van der Waals surface area contributed by atoms with Crippen molar-refractivity contribution in [1.82, 2.24) is 5.32 Å². The van der Waals surface area contributed by atoms with Gasteiger partial charge in [-0.25, -0.2) is 4.79 Å². The second-order valence-electron chi connectivity index (χ2n) is 1.36. The van der Waals surface area contributed by atoms with Crippen LogP contribution in [0.15, 0.2) is 5.16 Å². The Kier molecular flexibility index (Phi) is 5.86. The highest BCUT2D eigenvalue weighted by Gasteiger charge is 1.96. The van der Waals surface area contributed by atoms with Gasteiger partial charge in [0.05, 0.1) is 0 Å². The number of carbonyl (C=O) groups is 1. The number of nitrogens with one attached hydrogen (secondary N) is 1. The van der Waals surface area contributed by atoms with E-state index >= 15 is 0 Å². The van der Waals surface area contributed by atoms with Crippen LogP contribution < -0.4 is 5.32 Å². The lowest BCUT2D eigenvalue weighted by Crippen LogP contribution is -2.24. The normalized spacial score (nSPS) is 9.80. The molecular weight excluding hydrogens is 156 g/mol. The molecule has 0 bridgehead atoms. The largest absolute Gasteiger partial charge is 0.433 e. The highest BCUT2D eigenvalue weighted by molar-refractivity contribution is 6.18. The van der Waals surface area contributed by atoms with E-state index in [0.29, 0.717) is 12.4 Å². The van der Waals surface area contributed by atoms with Crippen molar-refractivity contribution in [2.45, 2.75) is 6.92 Å². The minimum atomic E-state index is -0.584. The standard InChI is InChI=1S/C5H9ClN2O2/c1-2-8-10-5(9)7-4-3-6/h2H,3-4H2,1H3,(H,7,9)/b8-2+. The quantitative estimate of drug-likeness (QED) is 0.292. The molecule has 0 heterocycles. The van der Waals surface area contributed by atoms with Crippen LogP contribution in [0.3, 0.4) is 0 Å². The Balaban J connectivity index is 3.25. The molecule has 0 fully saturated rings. The Morgan fingerprint density at radius 3 is 3.10 bits per heavy atom. The van der Waals surface area contributed by atoms with E-state index in [1.54, 1.807) is 6.92 Å². The molecule has 0 aliphatic heterocycles. The fourth-order valence-corrected chi connectivity index (χ4v) is 0.377. The van der Waals surface area contributed by atoms with Crippen LogP contribution in [0, 0.1) is 0 Å². The molecule has 0 aromatic heterocycles. The number of oxime groups is 1. The van der Waals surface area contributed by atoms with Gasteiger partial charge in [-0.2, -0.15) is 0 Å². The molecule has 0 atom stereocenters. The van der Waals surface area contributed by atoms with Gasteiger partial charge in [0.25, 0.3) is 0 Å². The zero-order valence-corrected chi connectivity index (χ0v) is 6.39. The molecule has 1 amide bonds. The van der Waals surface area contributed by atoms with Gasteiger partial charge in [0.1, 0.15) is 0 Å². The Morgan fingerprint density at radius 1 is 1.90 bits per heavy atom. The summed E-state index contributed by atoms with van der Waals surface area (Å²) in [6.45, 7) is 2.04. The van der Waals surface area contributed by atoms with Crippen molar-refractivity contribution in [2.75, 3.05) is 12.4 Å². The second kappa shape index (κ2) is 6.35. The lowest BCUT2D eigenvalue weighted by molar-refractivity contribution is 0.152. The van der Waals surface area contributed by atoms with E-state index in [-0.39, 0.29) is 0 Å². The third-order valence-electron chi connectivity index (χ3n) is 0.605. The van der Waals surface area contributed by atoms with Crippen LogP contribution in [-0.2, 0) is 4.84 Å². The van der Waals surface area contributed by atoms with E-state index in [0.717, 1.165) is 0 Å². The van der Waals surface area contributed by atoms with Gasteiger partial charge in [0.15, 0.2) is 0 Å². The van der Waals surface area contributed by atoms with Crippen molar-refractivity contribution < 1.29 is 9.63 Å². The van der Waals surface area contributed by atoms with E-state index < -0.39 is 6.09 Å². The van der Waals surface area contributed by atoms with Crippen LogP contribution >= 0.6 is 11.6 Å². The Hall–Kier alpha value is -0.770. The lowest BCUT2D eigenvalue weighted by atomic mass is 10.7. The summed E-state index contributed by atoms with van der Waals surface area (Å²) in [5.74, 6) is 0.366. The molecule has 10 heavy (non-hydrogen) atoms. The smallest absolute Gasteiger partial charge is 0.318 e. The maximum atomic E-state index is 10.5. The van der Waals surface area contributed by atoms with E-state index in [9.17, 15) is 4.79 Å². The summed E-state index contributed by atoms with van der Waals surface area (Å²) in [7, 11) is 0. The maximum Gasteiger partial charge on any atom is 0.433 e. The highest BCUT2D eigenvalue weighted by Crippen LogP contribution is 1.77. The van der Waals surface area contributed by atoms with Gasteiger partial charge >= 0.3 is 6.09 Å². The van der Waals surface area contributed by atoms with Gasteiger partial charge < -0.3 is 5.32 Å². The number of amides is 1. The van der Waals surface area contributed by atoms with E-state index in [1.807, 2.05) is 0 Å². The van der Waals surface area contributed by atoms with Crippen LogP contribution in [-0.4, -0.2) is 24.7 Å². The van der Waals surface area contributed by atoms with Crippen molar-refractivity contribution in [1.29, 1.82) is 0 Å². The molecule has 0 unspecified atom stereocenters. The molecular formula is C5H9ClN2O2. The summed E-state index contributed by atoms with van der Waals surface area (Å²) in [4.78, 5) is 14.7. The highest BCUT2D eigenvalue weighted by atomic mass is 35.5. The molecule has 0 aromatic carbocycles. The average molecular weight is 165 g/mol. The molecule has 58 valence electrons. The number of nitrogens with zero attached hydrogens (tertiary/aromatic N) is 1. The minimum Gasteiger partial charge on any atom is -0.318 e. The summed E-state index contributed by atoms with van der Waals surface area (Å²) >= 11 is 5.27. The van der Waals surface area contributed by atoms with Crippen LogP contribution in [0.1, 0.15) is 6.92 Å². The number of rotatable bonds is 3. The summed E-state index contributed by atoms with van der Waals surface area (Å²) in [6.07, 6.45) is 0.791. The third-order valence-corrected chi connectivity index (χ3v) is 0.794. The molecule has 0 aromatic rings. The molecule has 4 nitrogen and oxygen atoms in total. The molecule has 0 spiro atoms. The molecule has 0 saturated carbocycles. The van der Waals surface area contributed by atoms with E-state index in [1.165, 1.54) is 6.21 Å². The monoisotopic (exact) mass is 164 g/mol. The van der Waals surface area contributed by atoms with Gasteiger partial charge in [-0.15, -0.1) is 11.6 Å². The maximum absolute atomic E-state index is 10.5. The summed E-state index contributed by atoms with van der Waals surface area (Å²) in [5, 5.41) is 5.60. The summed E-state index contributed by atoms with van der Waals surface area (Å²) in [5.41, 5.74) is 0. The van der Waals surface area contributed by atoms with Crippen molar-refractivity contribution in [2.24, 2.45) is 5.16 Å². The van der Waals surface area contributed by atoms with Crippen LogP contribution in [0.2, 0.25) is 0 Å². The van der Waals surface area contributed by atoms with Crippen LogP contribution in [0.25, 0.3) is 0 Å². The molecule has 0 aliphatic carbocycles. The van der Waals surface area contributed by atoms with Gasteiger partial charge in [-0.3, -0.25) is 4.84 Å². The third kappa shape index (κ3) is 5.37. The number of carbonyl (C=O) groups excluding carboxylic acids is 1. The first kappa shape index (κ1) is 9.23.